The van der Waals surface area contributed by atoms with E-state index in [1.165, 1.54) is 0 Å². The lowest BCUT2D eigenvalue weighted by molar-refractivity contribution is 0.482. The molecule has 0 saturated heterocycles. The number of rotatable bonds is 4. The van der Waals surface area contributed by atoms with Crippen LogP contribution in [0, 0.1) is 22.7 Å². The first kappa shape index (κ1) is 14.6. The molecule has 0 saturated carbocycles. The van der Waals surface area contributed by atoms with Crippen molar-refractivity contribution < 1.29 is 4.42 Å². The highest BCUT2D eigenvalue weighted by atomic mass is 16.3. The predicted octanol–water partition coefficient (Wildman–Crippen LogP) is 4.20. The van der Waals surface area contributed by atoms with Crippen molar-refractivity contribution in [2.45, 2.75) is 12.8 Å². The van der Waals surface area contributed by atoms with Crippen molar-refractivity contribution >= 4 is 0 Å². The topological polar surface area (TPSA) is 60.7 Å². The molecule has 0 unspecified atom stereocenters. The Kier molecular flexibility index (Phi) is 4.22. The second kappa shape index (κ2) is 6.64. The summed E-state index contributed by atoms with van der Waals surface area (Å²) in [5.41, 5.74) is 3.55. The molecule has 1 heterocycles. The van der Waals surface area contributed by atoms with Gasteiger partial charge in [-0.25, -0.2) is 0 Å². The lowest BCUT2D eigenvalue weighted by atomic mass is 10.1. The van der Waals surface area contributed by atoms with E-state index in [9.17, 15) is 0 Å². The van der Waals surface area contributed by atoms with Gasteiger partial charge in [-0.15, -0.1) is 0 Å². The second-order valence-corrected chi connectivity index (χ2v) is 5.34. The minimum atomic E-state index is 0.662. The summed E-state index contributed by atoms with van der Waals surface area (Å²) in [6.45, 7) is 0. The number of nitrogens with zero attached hydrogens (tertiary/aromatic N) is 2. The van der Waals surface area contributed by atoms with E-state index in [0.29, 0.717) is 24.0 Å². The monoisotopic (exact) mass is 298 g/mol. The van der Waals surface area contributed by atoms with Crippen LogP contribution in [-0.4, -0.2) is 0 Å². The SMILES string of the molecule is N#Cc1ccc(Cc2ccc(Cc3ccc(C#N)cc3)o2)cc1. The van der Waals surface area contributed by atoms with Gasteiger partial charge in [0, 0.05) is 12.8 Å². The summed E-state index contributed by atoms with van der Waals surface area (Å²) < 4.78 is 5.87. The van der Waals surface area contributed by atoms with Crippen LogP contribution < -0.4 is 0 Å². The van der Waals surface area contributed by atoms with Gasteiger partial charge in [0.2, 0.25) is 0 Å². The highest BCUT2D eigenvalue weighted by Gasteiger charge is 2.05. The molecule has 0 aliphatic heterocycles. The summed E-state index contributed by atoms with van der Waals surface area (Å²) >= 11 is 0. The standard InChI is InChI=1S/C20H14N2O/c21-13-17-5-1-15(2-6-17)11-19-9-10-20(23-19)12-16-3-7-18(14-22)8-4-16/h1-10H,11-12H2. The van der Waals surface area contributed by atoms with Crippen LogP contribution >= 0.6 is 0 Å². The molecule has 0 fully saturated rings. The normalized spacial score (nSPS) is 10.0. The molecule has 2 aromatic carbocycles. The average Bonchev–Trinajstić information content (AvgIpc) is 3.03. The smallest absolute Gasteiger partial charge is 0.108 e. The fourth-order valence-electron chi connectivity index (χ4n) is 2.41. The van der Waals surface area contributed by atoms with Gasteiger partial charge in [-0.2, -0.15) is 10.5 Å². The van der Waals surface area contributed by atoms with Crippen molar-refractivity contribution in [2.75, 3.05) is 0 Å². The van der Waals surface area contributed by atoms with E-state index in [1.807, 2.05) is 60.7 Å². The summed E-state index contributed by atoms with van der Waals surface area (Å²) in [5, 5.41) is 17.6. The third-order valence-electron chi connectivity index (χ3n) is 3.64. The van der Waals surface area contributed by atoms with Gasteiger partial charge in [-0.05, 0) is 47.5 Å². The Balaban J connectivity index is 1.67. The van der Waals surface area contributed by atoms with Gasteiger partial charge in [0.15, 0.2) is 0 Å². The van der Waals surface area contributed by atoms with Crippen LogP contribution in [0.1, 0.15) is 33.8 Å². The molecule has 0 atom stereocenters. The van der Waals surface area contributed by atoms with Crippen molar-refractivity contribution in [1.29, 1.82) is 10.5 Å². The molecule has 0 aliphatic carbocycles. The maximum absolute atomic E-state index is 8.81. The van der Waals surface area contributed by atoms with Crippen molar-refractivity contribution in [2.24, 2.45) is 0 Å². The Labute approximate surface area is 135 Å². The lowest BCUT2D eigenvalue weighted by Crippen LogP contribution is -1.87. The highest BCUT2D eigenvalue weighted by Crippen LogP contribution is 2.17. The molecule has 110 valence electrons. The molecular formula is C20H14N2O. The quantitative estimate of drug-likeness (QED) is 0.725. The van der Waals surface area contributed by atoms with Crippen molar-refractivity contribution in [1.82, 2.24) is 0 Å². The zero-order valence-electron chi connectivity index (χ0n) is 12.5. The Morgan fingerprint density at radius 1 is 0.609 bits per heavy atom. The molecule has 1 aromatic heterocycles. The minimum Gasteiger partial charge on any atom is -0.465 e. The molecule has 0 spiro atoms. The van der Waals surface area contributed by atoms with Crippen LogP contribution in [0.2, 0.25) is 0 Å². The lowest BCUT2D eigenvalue weighted by Gasteiger charge is -2.00. The van der Waals surface area contributed by atoms with Crippen molar-refractivity contribution in [3.63, 3.8) is 0 Å². The van der Waals surface area contributed by atoms with E-state index in [2.05, 4.69) is 12.1 Å². The summed E-state index contributed by atoms with van der Waals surface area (Å²) in [7, 11) is 0. The van der Waals surface area contributed by atoms with Gasteiger partial charge < -0.3 is 4.42 Å². The highest BCUT2D eigenvalue weighted by molar-refractivity contribution is 5.34. The Morgan fingerprint density at radius 3 is 1.35 bits per heavy atom. The predicted molar refractivity (Wildman–Crippen MR) is 86.6 cm³/mol. The zero-order valence-corrected chi connectivity index (χ0v) is 12.5. The van der Waals surface area contributed by atoms with Crippen LogP contribution in [0.4, 0.5) is 0 Å². The van der Waals surface area contributed by atoms with Gasteiger partial charge in [-0.3, -0.25) is 0 Å². The molecule has 0 bridgehead atoms. The van der Waals surface area contributed by atoms with E-state index in [1.54, 1.807) is 0 Å². The Bertz CT molecular complexity index is 801. The maximum Gasteiger partial charge on any atom is 0.108 e. The summed E-state index contributed by atoms with van der Waals surface area (Å²) in [6, 6.07) is 23.2. The molecule has 3 aromatic rings. The Morgan fingerprint density at radius 2 is 1.00 bits per heavy atom. The van der Waals surface area contributed by atoms with Gasteiger partial charge in [0.25, 0.3) is 0 Å². The molecule has 0 radical (unpaired) electrons. The van der Waals surface area contributed by atoms with Crippen LogP contribution in [0.3, 0.4) is 0 Å². The first-order chi connectivity index (χ1) is 11.3. The largest absolute Gasteiger partial charge is 0.465 e. The van der Waals surface area contributed by atoms with Gasteiger partial charge in [-0.1, -0.05) is 24.3 Å². The third kappa shape index (κ3) is 3.67. The molecule has 3 rings (SSSR count). The fraction of sp³-hybridized carbons (Fsp3) is 0.100. The van der Waals surface area contributed by atoms with Crippen molar-refractivity contribution in [3.05, 3.63) is 94.4 Å². The van der Waals surface area contributed by atoms with Crippen LogP contribution in [0.25, 0.3) is 0 Å². The molecule has 0 amide bonds. The first-order valence-corrected chi connectivity index (χ1v) is 7.32. The van der Waals surface area contributed by atoms with Gasteiger partial charge in [0.05, 0.1) is 23.3 Å². The first-order valence-electron chi connectivity index (χ1n) is 7.32. The van der Waals surface area contributed by atoms with Crippen LogP contribution in [0.15, 0.2) is 65.1 Å². The molecule has 3 heteroatoms. The molecular weight excluding hydrogens is 284 g/mol. The van der Waals surface area contributed by atoms with Gasteiger partial charge in [0.1, 0.15) is 11.5 Å². The number of hydrogen-bond acceptors (Lipinski definition) is 3. The van der Waals surface area contributed by atoms with E-state index >= 15 is 0 Å². The average molecular weight is 298 g/mol. The van der Waals surface area contributed by atoms with E-state index in [4.69, 9.17) is 14.9 Å². The summed E-state index contributed by atoms with van der Waals surface area (Å²) in [4.78, 5) is 0. The van der Waals surface area contributed by atoms with E-state index < -0.39 is 0 Å². The zero-order chi connectivity index (χ0) is 16.1. The Hall–Kier alpha value is -3.30. The maximum atomic E-state index is 8.81. The number of hydrogen-bond donors (Lipinski definition) is 0. The summed E-state index contributed by atoms with van der Waals surface area (Å²) in [5.74, 6) is 1.80. The molecule has 23 heavy (non-hydrogen) atoms. The third-order valence-corrected chi connectivity index (χ3v) is 3.64. The number of benzene rings is 2. The molecule has 3 nitrogen and oxygen atoms in total. The van der Waals surface area contributed by atoms with Crippen LogP contribution in [0.5, 0.6) is 0 Å². The second-order valence-electron chi connectivity index (χ2n) is 5.34. The molecule has 0 aliphatic rings. The van der Waals surface area contributed by atoms with E-state index in [0.717, 1.165) is 22.6 Å². The fourth-order valence-corrected chi connectivity index (χ4v) is 2.41. The number of furan rings is 1. The van der Waals surface area contributed by atoms with Gasteiger partial charge >= 0.3 is 0 Å². The minimum absolute atomic E-state index is 0.662. The summed E-state index contributed by atoms with van der Waals surface area (Å²) in [6.07, 6.45) is 1.41. The van der Waals surface area contributed by atoms with E-state index in [-0.39, 0.29) is 0 Å². The molecule has 0 N–H and O–H groups in total. The van der Waals surface area contributed by atoms with Crippen LogP contribution in [-0.2, 0) is 12.8 Å². The number of nitriles is 2. The van der Waals surface area contributed by atoms with Crippen molar-refractivity contribution in [3.8, 4) is 12.1 Å².